The molecule has 0 amide bonds. The van der Waals surface area contributed by atoms with Crippen molar-refractivity contribution in [3.05, 3.63) is 18.0 Å². The van der Waals surface area contributed by atoms with Crippen LogP contribution < -0.4 is 5.32 Å². The lowest BCUT2D eigenvalue weighted by molar-refractivity contribution is 0.192. The number of aliphatic hydroxyl groups is 1. The van der Waals surface area contributed by atoms with E-state index in [9.17, 15) is 5.11 Å². The van der Waals surface area contributed by atoms with Crippen LogP contribution in [0.1, 0.15) is 45.6 Å². The molecule has 0 radical (unpaired) electrons. The maximum absolute atomic E-state index is 9.30. The topological polar surface area (TPSA) is 50.1 Å². The molecule has 1 heterocycles. The van der Waals surface area contributed by atoms with E-state index in [1.165, 1.54) is 24.8 Å². The summed E-state index contributed by atoms with van der Waals surface area (Å²) in [6.45, 7) is 8.68. The van der Waals surface area contributed by atoms with Crippen molar-refractivity contribution < 1.29 is 5.11 Å². The van der Waals surface area contributed by atoms with E-state index in [-0.39, 0.29) is 5.54 Å². The molecule has 2 atom stereocenters. The quantitative estimate of drug-likeness (QED) is 0.857. The number of aliphatic hydroxyl groups excluding tert-OH is 1. The van der Waals surface area contributed by atoms with Gasteiger partial charge in [0.05, 0.1) is 11.7 Å². The second-order valence-electron chi connectivity index (χ2n) is 6.73. The van der Waals surface area contributed by atoms with Gasteiger partial charge < -0.3 is 10.4 Å². The van der Waals surface area contributed by atoms with Gasteiger partial charge >= 0.3 is 0 Å². The SMILES string of the molecule is CC(C)(C)n1cc(CNCC2CCCC2CO)cn1. The van der Waals surface area contributed by atoms with Crippen LogP contribution in [0.2, 0.25) is 0 Å². The first kappa shape index (κ1) is 14.5. The van der Waals surface area contributed by atoms with E-state index >= 15 is 0 Å². The van der Waals surface area contributed by atoms with Crippen molar-refractivity contribution in [2.24, 2.45) is 11.8 Å². The fraction of sp³-hybridized carbons (Fsp3) is 0.800. The minimum absolute atomic E-state index is 0.0473. The molecule has 4 nitrogen and oxygen atoms in total. The van der Waals surface area contributed by atoms with Crippen molar-refractivity contribution >= 4 is 0 Å². The zero-order chi connectivity index (χ0) is 13.9. The fourth-order valence-electron chi connectivity index (χ4n) is 2.84. The Morgan fingerprint density at radius 1 is 1.37 bits per heavy atom. The molecule has 2 N–H and O–H groups in total. The first-order valence-corrected chi connectivity index (χ1v) is 7.36. The van der Waals surface area contributed by atoms with Crippen LogP contribution in [0.4, 0.5) is 0 Å². The third-order valence-electron chi connectivity index (χ3n) is 4.11. The Labute approximate surface area is 116 Å². The molecule has 2 rings (SSSR count). The summed E-state index contributed by atoms with van der Waals surface area (Å²) in [4.78, 5) is 0. The molecule has 0 saturated heterocycles. The Bertz CT molecular complexity index is 394. The lowest BCUT2D eigenvalue weighted by atomic mass is 9.97. The van der Waals surface area contributed by atoms with Crippen molar-refractivity contribution in [2.75, 3.05) is 13.2 Å². The zero-order valence-electron chi connectivity index (χ0n) is 12.4. The minimum Gasteiger partial charge on any atom is -0.396 e. The Balaban J connectivity index is 1.78. The third-order valence-corrected chi connectivity index (χ3v) is 4.11. The number of nitrogens with zero attached hydrogens (tertiary/aromatic N) is 2. The van der Waals surface area contributed by atoms with E-state index in [4.69, 9.17) is 0 Å². The fourth-order valence-corrected chi connectivity index (χ4v) is 2.84. The molecule has 0 spiro atoms. The Hall–Kier alpha value is -0.870. The summed E-state index contributed by atoms with van der Waals surface area (Å²) in [6.07, 6.45) is 7.76. The Morgan fingerprint density at radius 2 is 2.11 bits per heavy atom. The van der Waals surface area contributed by atoms with Crippen LogP contribution in [0.15, 0.2) is 12.4 Å². The van der Waals surface area contributed by atoms with Gasteiger partial charge in [0.1, 0.15) is 0 Å². The van der Waals surface area contributed by atoms with E-state index in [2.05, 4.69) is 37.4 Å². The molecule has 0 aliphatic heterocycles. The number of rotatable bonds is 5. The molecule has 1 aliphatic rings. The largest absolute Gasteiger partial charge is 0.396 e. The summed E-state index contributed by atoms with van der Waals surface area (Å²) >= 11 is 0. The van der Waals surface area contributed by atoms with E-state index in [0.29, 0.717) is 18.4 Å². The van der Waals surface area contributed by atoms with Crippen LogP contribution in [-0.2, 0) is 12.1 Å². The van der Waals surface area contributed by atoms with Crippen LogP contribution >= 0.6 is 0 Å². The molecule has 1 aromatic rings. The molecule has 108 valence electrons. The summed E-state index contributed by atoms with van der Waals surface area (Å²) in [6, 6.07) is 0. The molecule has 19 heavy (non-hydrogen) atoms. The molecule has 4 heteroatoms. The zero-order valence-corrected chi connectivity index (χ0v) is 12.4. The molecular formula is C15H27N3O. The smallest absolute Gasteiger partial charge is 0.0543 e. The van der Waals surface area contributed by atoms with E-state index < -0.39 is 0 Å². The molecule has 1 aromatic heterocycles. The lowest BCUT2D eigenvalue weighted by Gasteiger charge is -2.19. The molecule has 2 unspecified atom stereocenters. The normalized spacial score (nSPS) is 24.0. The van der Waals surface area contributed by atoms with Crippen LogP contribution in [-0.4, -0.2) is 28.0 Å². The Kier molecular flexibility index (Phi) is 4.63. The van der Waals surface area contributed by atoms with Crippen molar-refractivity contribution in [1.82, 2.24) is 15.1 Å². The summed E-state index contributed by atoms with van der Waals surface area (Å²) in [5.74, 6) is 1.15. The van der Waals surface area contributed by atoms with Gasteiger partial charge in [-0.1, -0.05) is 6.42 Å². The molecule has 0 aromatic carbocycles. The predicted molar refractivity (Wildman–Crippen MR) is 76.8 cm³/mol. The monoisotopic (exact) mass is 265 g/mol. The molecule has 1 aliphatic carbocycles. The van der Waals surface area contributed by atoms with Crippen molar-refractivity contribution in [2.45, 2.75) is 52.1 Å². The molecule has 1 fully saturated rings. The predicted octanol–water partition coefficient (Wildman–Crippen LogP) is 2.14. The highest BCUT2D eigenvalue weighted by Gasteiger charge is 2.25. The first-order chi connectivity index (χ1) is 9.00. The van der Waals surface area contributed by atoms with E-state index in [1.807, 2.05) is 10.9 Å². The number of aromatic nitrogens is 2. The second-order valence-corrected chi connectivity index (χ2v) is 6.73. The lowest BCUT2D eigenvalue weighted by Crippen LogP contribution is -2.26. The van der Waals surface area contributed by atoms with Gasteiger partial charge in [-0.3, -0.25) is 4.68 Å². The maximum Gasteiger partial charge on any atom is 0.0543 e. The standard InChI is InChI=1S/C15H27N3O/c1-15(2,3)18-10-12(8-17-18)7-16-9-13-5-4-6-14(13)11-19/h8,10,13-14,16,19H,4-7,9,11H2,1-3H3. The van der Waals surface area contributed by atoms with Gasteiger partial charge in [0.25, 0.3) is 0 Å². The summed E-state index contributed by atoms with van der Waals surface area (Å²) in [5.41, 5.74) is 1.28. The summed E-state index contributed by atoms with van der Waals surface area (Å²) in [7, 11) is 0. The van der Waals surface area contributed by atoms with Gasteiger partial charge in [0.15, 0.2) is 0 Å². The van der Waals surface area contributed by atoms with Crippen LogP contribution in [0.3, 0.4) is 0 Å². The van der Waals surface area contributed by atoms with Crippen LogP contribution in [0, 0.1) is 11.8 Å². The van der Waals surface area contributed by atoms with Gasteiger partial charge in [-0.2, -0.15) is 5.10 Å². The second kappa shape index (κ2) is 6.06. The van der Waals surface area contributed by atoms with Gasteiger partial charge in [-0.05, 0) is 52.0 Å². The maximum atomic E-state index is 9.30. The van der Waals surface area contributed by atoms with Gasteiger partial charge in [-0.25, -0.2) is 0 Å². The van der Waals surface area contributed by atoms with Crippen molar-refractivity contribution in [3.63, 3.8) is 0 Å². The van der Waals surface area contributed by atoms with E-state index in [0.717, 1.165) is 13.1 Å². The number of hydrogen-bond acceptors (Lipinski definition) is 3. The highest BCUT2D eigenvalue weighted by Crippen LogP contribution is 2.30. The van der Waals surface area contributed by atoms with Gasteiger partial charge in [0, 0.05) is 24.9 Å². The average molecular weight is 265 g/mol. The number of hydrogen-bond donors (Lipinski definition) is 2. The minimum atomic E-state index is 0.0473. The molecule has 0 bridgehead atoms. The highest BCUT2D eigenvalue weighted by atomic mass is 16.3. The van der Waals surface area contributed by atoms with Crippen molar-refractivity contribution in [3.8, 4) is 0 Å². The first-order valence-electron chi connectivity index (χ1n) is 7.36. The van der Waals surface area contributed by atoms with Gasteiger partial charge in [-0.15, -0.1) is 0 Å². The highest BCUT2D eigenvalue weighted by molar-refractivity contribution is 5.04. The third kappa shape index (κ3) is 3.80. The molecular weight excluding hydrogens is 238 g/mol. The Morgan fingerprint density at radius 3 is 2.74 bits per heavy atom. The van der Waals surface area contributed by atoms with E-state index in [1.54, 1.807) is 0 Å². The number of nitrogens with one attached hydrogen (secondary N) is 1. The summed E-state index contributed by atoms with van der Waals surface area (Å²) < 4.78 is 2.01. The van der Waals surface area contributed by atoms with Crippen LogP contribution in [0.5, 0.6) is 0 Å². The van der Waals surface area contributed by atoms with Crippen molar-refractivity contribution in [1.29, 1.82) is 0 Å². The summed E-state index contributed by atoms with van der Waals surface area (Å²) in [5, 5.41) is 17.2. The molecule has 1 saturated carbocycles. The average Bonchev–Trinajstić information content (AvgIpc) is 2.96. The van der Waals surface area contributed by atoms with Crippen LogP contribution in [0.25, 0.3) is 0 Å². The van der Waals surface area contributed by atoms with Gasteiger partial charge in [0.2, 0.25) is 0 Å².